The predicted octanol–water partition coefficient (Wildman–Crippen LogP) is 2.57. The molecular weight excluding hydrogens is 354 g/mol. The Balaban J connectivity index is 0.000000465. The Morgan fingerprint density at radius 1 is 1.04 bits per heavy atom. The number of anilines is 1. The number of thiocarbonyl (C=S) groups is 1. The van der Waals surface area contributed by atoms with Gasteiger partial charge in [0.25, 0.3) is 0 Å². The Hall–Kier alpha value is -2.15. The van der Waals surface area contributed by atoms with Crippen LogP contribution in [0.2, 0.25) is 0 Å². The summed E-state index contributed by atoms with van der Waals surface area (Å²) in [5.41, 5.74) is 12.4. The van der Waals surface area contributed by atoms with Gasteiger partial charge in [0.2, 0.25) is 0 Å². The first kappa shape index (κ1) is 21.2. The van der Waals surface area contributed by atoms with Crippen molar-refractivity contribution >= 4 is 23.0 Å². The molecule has 3 rings (SSSR count). The summed E-state index contributed by atoms with van der Waals surface area (Å²) >= 11 is 4.24. The molecule has 27 heavy (non-hydrogen) atoms. The molecule has 6 heteroatoms. The van der Waals surface area contributed by atoms with Crippen LogP contribution in [0, 0.1) is 6.92 Å². The van der Waals surface area contributed by atoms with Gasteiger partial charge in [-0.3, -0.25) is 4.90 Å². The summed E-state index contributed by atoms with van der Waals surface area (Å²) < 4.78 is 0. The summed E-state index contributed by atoms with van der Waals surface area (Å²) in [6, 6.07) is 17.9. The normalized spacial score (nSPS) is 14.3. The molecule has 5 nitrogen and oxygen atoms in total. The van der Waals surface area contributed by atoms with Crippen molar-refractivity contribution in [3.63, 3.8) is 0 Å². The van der Waals surface area contributed by atoms with E-state index >= 15 is 0 Å². The molecule has 1 saturated heterocycles. The molecule has 2 aromatic rings. The molecule has 0 aliphatic carbocycles. The third kappa shape index (κ3) is 7.17. The molecule has 0 spiro atoms. The number of nitrogens with one attached hydrogen (secondary N) is 1. The van der Waals surface area contributed by atoms with Gasteiger partial charge in [0.15, 0.2) is 5.11 Å². The van der Waals surface area contributed by atoms with Crippen LogP contribution in [0.5, 0.6) is 0 Å². The van der Waals surface area contributed by atoms with Crippen molar-refractivity contribution in [3.8, 4) is 0 Å². The number of aryl methyl sites for hydroxylation is 2. The monoisotopic (exact) mass is 385 g/mol. The first-order valence-electron chi connectivity index (χ1n) is 9.39. The van der Waals surface area contributed by atoms with Crippen LogP contribution in [-0.2, 0) is 13.0 Å². The molecule has 0 aromatic heterocycles. The zero-order chi connectivity index (χ0) is 19.6. The summed E-state index contributed by atoms with van der Waals surface area (Å²) in [6.07, 6.45) is 1.11. The molecule has 1 aliphatic rings. The third-order valence-electron chi connectivity index (χ3n) is 4.69. The smallest absolute Gasteiger partial charge is 0.177 e. The van der Waals surface area contributed by atoms with Crippen LogP contribution in [0.4, 0.5) is 5.69 Å². The number of hydrogen-bond acceptors (Lipinski definition) is 4. The van der Waals surface area contributed by atoms with E-state index in [0.717, 1.165) is 39.1 Å². The van der Waals surface area contributed by atoms with Gasteiger partial charge >= 0.3 is 0 Å². The average Bonchev–Trinajstić information content (AvgIpc) is 2.69. The molecule has 0 radical (unpaired) electrons. The van der Waals surface area contributed by atoms with Gasteiger partial charge in [0.05, 0.1) is 0 Å². The van der Waals surface area contributed by atoms with E-state index in [9.17, 15) is 0 Å². The molecule has 0 atom stereocenters. The number of nitrogens with two attached hydrogens (primary N) is 2. The van der Waals surface area contributed by atoms with Gasteiger partial charge in [-0.25, -0.2) is 5.84 Å². The fourth-order valence-electron chi connectivity index (χ4n) is 3.21. The molecular formula is C21H31N5S. The van der Waals surface area contributed by atoms with E-state index in [0.29, 0.717) is 0 Å². The summed E-state index contributed by atoms with van der Waals surface area (Å²) in [4.78, 5) is 5.08. The Kier molecular flexibility index (Phi) is 8.51. The number of hydrogen-bond donors (Lipinski definition) is 3. The topological polar surface area (TPSA) is 70.5 Å². The molecule has 0 bridgehead atoms. The highest BCUT2D eigenvalue weighted by molar-refractivity contribution is 7.80. The quantitative estimate of drug-likeness (QED) is 0.427. The maximum absolute atomic E-state index is 4.79. The van der Waals surface area contributed by atoms with Gasteiger partial charge < -0.3 is 16.1 Å². The van der Waals surface area contributed by atoms with Gasteiger partial charge in [-0.1, -0.05) is 48.9 Å². The summed E-state index contributed by atoms with van der Waals surface area (Å²) in [6.45, 7) is 10.00. The van der Waals surface area contributed by atoms with Crippen molar-refractivity contribution in [3.05, 3.63) is 65.2 Å². The molecule has 146 valence electrons. The van der Waals surface area contributed by atoms with Crippen molar-refractivity contribution in [2.24, 2.45) is 11.6 Å². The molecule has 5 N–H and O–H groups in total. The zero-order valence-corrected chi connectivity index (χ0v) is 17.1. The van der Waals surface area contributed by atoms with Crippen molar-refractivity contribution in [2.45, 2.75) is 26.8 Å². The maximum atomic E-state index is 4.79. The number of hydrazine groups is 1. The molecule has 0 unspecified atom stereocenters. The highest BCUT2D eigenvalue weighted by Crippen LogP contribution is 2.19. The van der Waals surface area contributed by atoms with Gasteiger partial charge in [0.1, 0.15) is 0 Å². The lowest BCUT2D eigenvalue weighted by molar-refractivity contribution is 0.250. The Morgan fingerprint density at radius 3 is 2.26 bits per heavy atom. The standard InChI is InChI=1S/C20H26N2.CH5N3S/c1-3-18-7-5-9-20(15-18)22-12-10-21(11-13-22)16-19-8-4-6-17(2)14-19;2-1(5)4-3/h4-9,14-15H,3,10-13,16H2,1-2H3;3H2,(H3,2,4,5). The van der Waals surface area contributed by atoms with Crippen LogP contribution in [0.1, 0.15) is 23.6 Å². The van der Waals surface area contributed by atoms with Gasteiger partial charge in [-0.2, -0.15) is 0 Å². The number of benzene rings is 2. The van der Waals surface area contributed by atoms with E-state index in [1.54, 1.807) is 0 Å². The molecule has 1 aliphatic heterocycles. The summed E-state index contributed by atoms with van der Waals surface area (Å²) in [7, 11) is 0. The molecule has 0 amide bonds. The second kappa shape index (κ2) is 10.9. The SMILES string of the molecule is CCc1cccc(N2CCN(Cc3cccc(C)c3)CC2)c1.NNC(N)=S. The van der Waals surface area contributed by atoms with Crippen molar-refractivity contribution in [1.82, 2.24) is 10.3 Å². The van der Waals surface area contributed by atoms with E-state index in [1.807, 2.05) is 5.43 Å². The summed E-state index contributed by atoms with van der Waals surface area (Å²) in [5, 5.41) is 0.116. The minimum atomic E-state index is 0.116. The third-order valence-corrected chi connectivity index (χ3v) is 4.81. The largest absolute Gasteiger partial charge is 0.375 e. The first-order valence-corrected chi connectivity index (χ1v) is 9.80. The molecule has 2 aromatic carbocycles. The van der Waals surface area contributed by atoms with Crippen LogP contribution in [0.3, 0.4) is 0 Å². The molecule has 1 heterocycles. The van der Waals surface area contributed by atoms with Gasteiger partial charge in [-0.15, -0.1) is 0 Å². The minimum absolute atomic E-state index is 0.116. The fraction of sp³-hybridized carbons (Fsp3) is 0.381. The van der Waals surface area contributed by atoms with Crippen molar-refractivity contribution in [1.29, 1.82) is 0 Å². The van der Waals surface area contributed by atoms with E-state index < -0.39 is 0 Å². The van der Waals surface area contributed by atoms with Crippen molar-refractivity contribution < 1.29 is 0 Å². The predicted molar refractivity (Wildman–Crippen MR) is 119 cm³/mol. The van der Waals surface area contributed by atoms with E-state index in [4.69, 9.17) is 5.73 Å². The average molecular weight is 386 g/mol. The Morgan fingerprint density at radius 2 is 1.67 bits per heavy atom. The number of nitrogens with zero attached hydrogens (tertiary/aromatic N) is 2. The minimum Gasteiger partial charge on any atom is -0.375 e. The number of piperazine rings is 1. The van der Waals surface area contributed by atoms with Crippen LogP contribution >= 0.6 is 12.2 Å². The second-order valence-electron chi connectivity index (χ2n) is 6.78. The number of rotatable bonds is 4. The van der Waals surface area contributed by atoms with E-state index in [-0.39, 0.29) is 5.11 Å². The second-order valence-corrected chi connectivity index (χ2v) is 7.22. The Labute approximate surface area is 168 Å². The van der Waals surface area contributed by atoms with Crippen LogP contribution in [-0.4, -0.2) is 36.2 Å². The highest BCUT2D eigenvalue weighted by atomic mass is 32.1. The lowest BCUT2D eigenvalue weighted by Crippen LogP contribution is -2.46. The lowest BCUT2D eigenvalue weighted by Gasteiger charge is -2.36. The van der Waals surface area contributed by atoms with E-state index in [1.165, 1.54) is 22.4 Å². The molecule has 1 fully saturated rings. The lowest BCUT2D eigenvalue weighted by atomic mass is 10.1. The van der Waals surface area contributed by atoms with Crippen molar-refractivity contribution in [2.75, 3.05) is 31.1 Å². The van der Waals surface area contributed by atoms with Crippen LogP contribution < -0.4 is 21.9 Å². The van der Waals surface area contributed by atoms with Crippen LogP contribution in [0.15, 0.2) is 48.5 Å². The zero-order valence-electron chi connectivity index (χ0n) is 16.3. The van der Waals surface area contributed by atoms with Gasteiger partial charge in [0, 0.05) is 38.4 Å². The van der Waals surface area contributed by atoms with E-state index in [2.05, 4.69) is 90.2 Å². The van der Waals surface area contributed by atoms with Crippen LogP contribution in [0.25, 0.3) is 0 Å². The summed E-state index contributed by atoms with van der Waals surface area (Å²) in [5.74, 6) is 4.66. The fourth-order valence-corrected chi connectivity index (χ4v) is 3.21. The first-order chi connectivity index (χ1) is 13.0. The molecule has 0 saturated carbocycles. The maximum Gasteiger partial charge on any atom is 0.177 e. The highest BCUT2D eigenvalue weighted by Gasteiger charge is 2.17. The van der Waals surface area contributed by atoms with Gasteiger partial charge in [-0.05, 0) is 48.8 Å². The Bertz CT molecular complexity index is 726.